The molecule has 1 aliphatic rings. The number of benzene rings is 1. The number of rotatable bonds is 4. The molecular weight excluding hydrogens is 288 g/mol. The molecule has 116 valence electrons. The number of hydrogen-bond acceptors (Lipinski definition) is 3. The summed E-state index contributed by atoms with van der Waals surface area (Å²) < 4.78 is 5.86. The Hall–Kier alpha value is -1.26. The first-order valence-corrected chi connectivity index (χ1v) is 7.85. The van der Waals surface area contributed by atoms with Crippen LogP contribution in [0.15, 0.2) is 18.2 Å². The van der Waals surface area contributed by atoms with Gasteiger partial charge in [-0.1, -0.05) is 18.5 Å². The van der Waals surface area contributed by atoms with Crippen molar-refractivity contribution in [3.8, 4) is 0 Å². The molecule has 1 unspecified atom stereocenters. The van der Waals surface area contributed by atoms with Crippen molar-refractivity contribution < 1.29 is 9.53 Å². The molecule has 0 aliphatic heterocycles. The summed E-state index contributed by atoms with van der Waals surface area (Å²) in [4.78, 5) is 12.2. The number of nitrogens with two attached hydrogens (primary N) is 1. The summed E-state index contributed by atoms with van der Waals surface area (Å²) in [5.74, 6) is 0.588. The van der Waals surface area contributed by atoms with Gasteiger partial charge in [-0.25, -0.2) is 0 Å². The standard InChI is InChI=1S/C16H23ClN2O2/c1-10-3-6-13(7-4-10)21-11(2)16(20)19-15-8-5-12(17)9-14(15)18/h5,8-11,13H,3-4,6-7,18H2,1-2H3,(H,19,20). The van der Waals surface area contributed by atoms with E-state index in [-0.39, 0.29) is 12.0 Å². The normalized spacial score (nSPS) is 23.6. The lowest BCUT2D eigenvalue weighted by Gasteiger charge is -2.28. The van der Waals surface area contributed by atoms with E-state index in [4.69, 9.17) is 22.1 Å². The molecule has 1 aromatic carbocycles. The lowest BCUT2D eigenvalue weighted by atomic mass is 9.89. The highest BCUT2D eigenvalue weighted by atomic mass is 35.5. The number of carbonyl (C=O) groups excluding carboxylic acids is 1. The zero-order chi connectivity index (χ0) is 15.4. The second-order valence-corrected chi connectivity index (χ2v) is 6.32. The van der Waals surface area contributed by atoms with Crippen LogP contribution in [0.2, 0.25) is 5.02 Å². The smallest absolute Gasteiger partial charge is 0.253 e. The average molecular weight is 311 g/mol. The first-order valence-electron chi connectivity index (χ1n) is 7.47. The van der Waals surface area contributed by atoms with Crippen LogP contribution < -0.4 is 11.1 Å². The number of halogens is 1. The molecule has 1 fully saturated rings. The molecule has 0 heterocycles. The predicted molar refractivity (Wildman–Crippen MR) is 86.5 cm³/mol. The van der Waals surface area contributed by atoms with Gasteiger partial charge in [0.15, 0.2) is 0 Å². The van der Waals surface area contributed by atoms with Gasteiger partial charge in [0.1, 0.15) is 6.10 Å². The lowest BCUT2D eigenvalue weighted by molar-refractivity contribution is -0.131. The molecule has 1 aliphatic carbocycles. The molecule has 5 heteroatoms. The highest BCUT2D eigenvalue weighted by molar-refractivity contribution is 6.31. The predicted octanol–water partition coefficient (Wildman–Crippen LogP) is 3.84. The van der Waals surface area contributed by atoms with Crippen molar-refractivity contribution in [1.29, 1.82) is 0 Å². The molecule has 1 amide bonds. The van der Waals surface area contributed by atoms with Gasteiger partial charge in [0, 0.05) is 5.02 Å². The Kier molecular flexibility index (Phi) is 5.48. The Bertz CT molecular complexity index is 499. The van der Waals surface area contributed by atoms with E-state index in [2.05, 4.69) is 12.2 Å². The number of anilines is 2. The van der Waals surface area contributed by atoms with Crippen LogP contribution in [0.4, 0.5) is 11.4 Å². The van der Waals surface area contributed by atoms with Gasteiger partial charge < -0.3 is 15.8 Å². The van der Waals surface area contributed by atoms with Crippen molar-refractivity contribution in [2.45, 2.75) is 51.7 Å². The Labute approximate surface area is 131 Å². The topological polar surface area (TPSA) is 64.3 Å². The summed E-state index contributed by atoms with van der Waals surface area (Å²) in [6.07, 6.45) is 4.10. The van der Waals surface area contributed by atoms with E-state index in [1.54, 1.807) is 25.1 Å². The van der Waals surface area contributed by atoms with Gasteiger partial charge in [-0.2, -0.15) is 0 Å². The van der Waals surface area contributed by atoms with Gasteiger partial charge in [-0.05, 0) is 56.7 Å². The fourth-order valence-electron chi connectivity index (χ4n) is 2.60. The third-order valence-electron chi connectivity index (χ3n) is 4.00. The zero-order valence-electron chi connectivity index (χ0n) is 12.6. The van der Waals surface area contributed by atoms with Crippen molar-refractivity contribution >= 4 is 28.9 Å². The minimum atomic E-state index is -0.488. The van der Waals surface area contributed by atoms with Crippen LogP contribution >= 0.6 is 11.6 Å². The molecule has 2 rings (SSSR count). The van der Waals surface area contributed by atoms with E-state index in [9.17, 15) is 4.79 Å². The SMILES string of the molecule is CC1CCC(OC(C)C(=O)Nc2ccc(Cl)cc2N)CC1. The van der Waals surface area contributed by atoms with Crippen LogP contribution in [0.25, 0.3) is 0 Å². The molecule has 1 aromatic rings. The van der Waals surface area contributed by atoms with Crippen molar-refractivity contribution in [2.24, 2.45) is 5.92 Å². The van der Waals surface area contributed by atoms with Gasteiger partial charge in [-0.3, -0.25) is 4.79 Å². The molecule has 0 aromatic heterocycles. The molecule has 4 nitrogen and oxygen atoms in total. The quantitative estimate of drug-likeness (QED) is 0.830. The molecule has 0 saturated heterocycles. The van der Waals surface area contributed by atoms with E-state index >= 15 is 0 Å². The maximum Gasteiger partial charge on any atom is 0.253 e. The first kappa shape index (κ1) is 16.1. The second-order valence-electron chi connectivity index (χ2n) is 5.88. The van der Waals surface area contributed by atoms with Crippen LogP contribution in [-0.2, 0) is 9.53 Å². The molecule has 21 heavy (non-hydrogen) atoms. The molecule has 1 saturated carbocycles. The maximum absolute atomic E-state index is 12.2. The summed E-state index contributed by atoms with van der Waals surface area (Å²) in [5.41, 5.74) is 6.85. The molecule has 3 N–H and O–H groups in total. The Morgan fingerprint density at radius 1 is 1.38 bits per heavy atom. The number of ether oxygens (including phenoxy) is 1. The summed E-state index contributed by atoms with van der Waals surface area (Å²) >= 11 is 5.84. The van der Waals surface area contributed by atoms with Crippen LogP contribution in [0.3, 0.4) is 0 Å². The monoisotopic (exact) mass is 310 g/mol. The Balaban J connectivity index is 1.87. The van der Waals surface area contributed by atoms with Gasteiger partial charge in [0.2, 0.25) is 0 Å². The summed E-state index contributed by atoms with van der Waals surface area (Å²) in [5, 5.41) is 3.34. The highest BCUT2D eigenvalue weighted by Crippen LogP contribution is 2.27. The fourth-order valence-corrected chi connectivity index (χ4v) is 2.78. The van der Waals surface area contributed by atoms with E-state index in [0.29, 0.717) is 16.4 Å². The third-order valence-corrected chi connectivity index (χ3v) is 4.24. The third kappa shape index (κ3) is 4.61. The Morgan fingerprint density at radius 3 is 2.67 bits per heavy atom. The summed E-state index contributed by atoms with van der Waals surface area (Å²) in [6, 6.07) is 5.01. The number of carbonyl (C=O) groups is 1. The minimum absolute atomic E-state index is 0.178. The van der Waals surface area contributed by atoms with Gasteiger partial charge in [0.25, 0.3) is 5.91 Å². The number of amides is 1. The average Bonchev–Trinajstić information content (AvgIpc) is 2.44. The van der Waals surface area contributed by atoms with Crippen molar-refractivity contribution in [3.63, 3.8) is 0 Å². The Morgan fingerprint density at radius 2 is 2.05 bits per heavy atom. The molecule has 0 radical (unpaired) electrons. The summed E-state index contributed by atoms with van der Waals surface area (Å²) in [7, 11) is 0. The molecule has 0 spiro atoms. The van der Waals surface area contributed by atoms with Crippen LogP contribution in [-0.4, -0.2) is 18.1 Å². The maximum atomic E-state index is 12.2. The van der Waals surface area contributed by atoms with Crippen LogP contribution in [0, 0.1) is 5.92 Å². The molecule has 1 atom stereocenters. The highest BCUT2D eigenvalue weighted by Gasteiger charge is 2.23. The number of hydrogen-bond donors (Lipinski definition) is 2. The minimum Gasteiger partial charge on any atom is -0.397 e. The second kappa shape index (κ2) is 7.14. The summed E-state index contributed by atoms with van der Waals surface area (Å²) in [6.45, 7) is 4.04. The van der Waals surface area contributed by atoms with Crippen molar-refractivity contribution in [1.82, 2.24) is 0 Å². The number of nitrogen functional groups attached to an aromatic ring is 1. The fraction of sp³-hybridized carbons (Fsp3) is 0.562. The van der Waals surface area contributed by atoms with Gasteiger partial charge >= 0.3 is 0 Å². The molecule has 0 bridgehead atoms. The van der Waals surface area contributed by atoms with E-state index in [1.165, 1.54) is 12.8 Å². The first-order chi connectivity index (χ1) is 9.95. The van der Waals surface area contributed by atoms with Gasteiger partial charge in [0.05, 0.1) is 17.5 Å². The van der Waals surface area contributed by atoms with Crippen molar-refractivity contribution in [3.05, 3.63) is 23.2 Å². The molecular formula is C16H23ClN2O2. The zero-order valence-corrected chi connectivity index (χ0v) is 13.3. The van der Waals surface area contributed by atoms with Crippen LogP contribution in [0.5, 0.6) is 0 Å². The van der Waals surface area contributed by atoms with Crippen molar-refractivity contribution in [2.75, 3.05) is 11.1 Å². The van der Waals surface area contributed by atoms with Gasteiger partial charge in [-0.15, -0.1) is 0 Å². The van der Waals surface area contributed by atoms with Crippen LogP contribution in [0.1, 0.15) is 39.5 Å². The van der Waals surface area contributed by atoms with E-state index < -0.39 is 6.10 Å². The van der Waals surface area contributed by atoms with E-state index in [1.807, 2.05) is 0 Å². The largest absolute Gasteiger partial charge is 0.397 e. The lowest BCUT2D eigenvalue weighted by Crippen LogP contribution is -2.33. The van der Waals surface area contributed by atoms with E-state index in [0.717, 1.165) is 18.8 Å². The number of nitrogens with one attached hydrogen (secondary N) is 1.